The lowest BCUT2D eigenvalue weighted by Crippen LogP contribution is -2.23. The van der Waals surface area contributed by atoms with Crippen LogP contribution in [0.2, 0.25) is 0 Å². The van der Waals surface area contributed by atoms with Crippen LogP contribution in [0.15, 0.2) is 0 Å². The molecule has 0 amide bonds. The molecule has 0 saturated heterocycles. The molecule has 0 saturated carbocycles. The number of hydrogen-bond donors (Lipinski definition) is 2. The van der Waals surface area contributed by atoms with Gasteiger partial charge in [0.2, 0.25) is 0 Å². The molecule has 128 valence electrons. The molecule has 0 fully saturated rings. The minimum atomic E-state index is -0.833. The second-order valence-electron chi connectivity index (χ2n) is 7.49. The number of aliphatic carboxylic acids is 2. The van der Waals surface area contributed by atoms with Gasteiger partial charge in [-0.05, 0) is 51.4 Å². The molecule has 0 bridgehead atoms. The summed E-state index contributed by atoms with van der Waals surface area (Å²) < 4.78 is 0. The van der Waals surface area contributed by atoms with Crippen molar-refractivity contribution in [2.24, 2.45) is 10.8 Å². The van der Waals surface area contributed by atoms with Crippen molar-refractivity contribution in [2.75, 3.05) is 0 Å². The van der Waals surface area contributed by atoms with Crippen molar-refractivity contribution < 1.29 is 24.6 Å². The van der Waals surface area contributed by atoms with Gasteiger partial charge in [-0.25, -0.2) is 0 Å². The minimum Gasteiger partial charge on any atom is -0.481 e. The molecule has 5 nitrogen and oxygen atoms in total. The van der Waals surface area contributed by atoms with Crippen molar-refractivity contribution in [1.82, 2.24) is 0 Å². The van der Waals surface area contributed by atoms with Crippen LogP contribution >= 0.6 is 0 Å². The van der Waals surface area contributed by atoms with E-state index in [2.05, 4.69) is 0 Å². The van der Waals surface area contributed by atoms with Gasteiger partial charge in [-0.2, -0.15) is 0 Å². The molecule has 0 unspecified atom stereocenters. The number of ketones is 1. The quantitative estimate of drug-likeness (QED) is 0.570. The first-order valence-electron chi connectivity index (χ1n) is 7.93. The molecular weight excluding hydrogens is 284 g/mol. The highest BCUT2D eigenvalue weighted by Crippen LogP contribution is 2.29. The highest BCUT2D eigenvalue weighted by Gasteiger charge is 2.26. The van der Waals surface area contributed by atoms with Crippen LogP contribution in [-0.2, 0) is 14.4 Å². The molecule has 0 radical (unpaired) electrons. The summed E-state index contributed by atoms with van der Waals surface area (Å²) in [4.78, 5) is 33.4. The summed E-state index contributed by atoms with van der Waals surface area (Å²) in [5, 5.41) is 17.7. The van der Waals surface area contributed by atoms with Crippen molar-refractivity contribution in [3.63, 3.8) is 0 Å². The average Bonchev–Trinajstić information content (AvgIpc) is 2.36. The fourth-order valence-electron chi connectivity index (χ4n) is 2.29. The van der Waals surface area contributed by atoms with Crippen LogP contribution in [0, 0.1) is 10.8 Å². The summed E-state index contributed by atoms with van der Waals surface area (Å²) in [7, 11) is 0. The maximum Gasteiger partial charge on any atom is 0.309 e. The van der Waals surface area contributed by atoms with Crippen LogP contribution in [0.5, 0.6) is 0 Å². The molecule has 0 spiro atoms. The summed E-state index contributed by atoms with van der Waals surface area (Å²) in [6, 6.07) is 0. The van der Waals surface area contributed by atoms with E-state index >= 15 is 0 Å². The molecule has 0 rings (SSSR count). The highest BCUT2D eigenvalue weighted by molar-refractivity contribution is 5.78. The summed E-state index contributed by atoms with van der Waals surface area (Å²) in [6.07, 6.45) is 4.37. The molecule has 0 aliphatic carbocycles. The molecule has 0 aromatic heterocycles. The number of hydrogen-bond acceptors (Lipinski definition) is 3. The van der Waals surface area contributed by atoms with Crippen molar-refractivity contribution in [1.29, 1.82) is 0 Å². The van der Waals surface area contributed by atoms with Gasteiger partial charge in [0.15, 0.2) is 0 Å². The van der Waals surface area contributed by atoms with Gasteiger partial charge >= 0.3 is 11.9 Å². The van der Waals surface area contributed by atoms with Crippen LogP contribution in [0.3, 0.4) is 0 Å². The maximum atomic E-state index is 11.8. The number of carboxylic acids is 2. The van der Waals surface area contributed by atoms with Gasteiger partial charge in [-0.3, -0.25) is 14.4 Å². The Morgan fingerprint density at radius 3 is 1.73 bits per heavy atom. The first-order chi connectivity index (χ1) is 9.96. The number of carbonyl (C=O) groups is 3. The second kappa shape index (κ2) is 8.91. The van der Waals surface area contributed by atoms with Gasteiger partial charge in [0.25, 0.3) is 0 Å². The van der Waals surface area contributed by atoms with E-state index < -0.39 is 17.4 Å². The summed E-state index contributed by atoms with van der Waals surface area (Å²) in [6.45, 7) is 7.39. The zero-order valence-electron chi connectivity index (χ0n) is 14.3. The smallest absolute Gasteiger partial charge is 0.309 e. The van der Waals surface area contributed by atoms with Crippen molar-refractivity contribution in [3.05, 3.63) is 0 Å². The van der Waals surface area contributed by atoms with Gasteiger partial charge in [0.1, 0.15) is 5.78 Å². The number of rotatable bonds is 12. The predicted octanol–water partition coefficient (Wildman–Crippen LogP) is 3.90. The largest absolute Gasteiger partial charge is 0.481 e. The van der Waals surface area contributed by atoms with Gasteiger partial charge in [0.05, 0.1) is 5.41 Å². The Hall–Kier alpha value is -1.39. The van der Waals surface area contributed by atoms with Gasteiger partial charge < -0.3 is 10.2 Å². The Morgan fingerprint density at radius 2 is 1.27 bits per heavy atom. The lowest BCUT2D eigenvalue weighted by atomic mass is 9.82. The van der Waals surface area contributed by atoms with E-state index in [4.69, 9.17) is 10.2 Å². The zero-order chi connectivity index (χ0) is 17.4. The molecule has 0 atom stereocenters. The third-order valence-electron chi connectivity index (χ3n) is 4.16. The van der Waals surface area contributed by atoms with Crippen LogP contribution in [0.4, 0.5) is 0 Å². The lowest BCUT2D eigenvalue weighted by Gasteiger charge is -2.23. The van der Waals surface area contributed by atoms with Crippen molar-refractivity contribution in [3.8, 4) is 0 Å². The van der Waals surface area contributed by atoms with E-state index in [1.54, 1.807) is 13.8 Å². The van der Waals surface area contributed by atoms with E-state index in [1.165, 1.54) is 0 Å². The van der Waals surface area contributed by atoms with Gasteiger partial charge in [0, 0.05) is 19.3 Å². The first-order valence-corrected chi connectivity index (χ1v) is 7.93. The van der Waals surface area contributed by atoms with Crippen LogP contribution in [0.1, 0.15) is 79.1 Å². The van der Waals surface area contributed by atoms with Crippen LogP contribution in [0.25, 0.3) is 0 Å². The lowest BCUT2D eigenvalue weighted by molar-refractivity contribution is -0.147. The van der Waals surface area contributed by atoms with E-state index in [-0.39, 0.29) is 17.6 Å². The third kappa shape index (κ3) is 9.53. The Bertz CT molecular complexity index is 396. The molecule has 0 aromatic rings. The SMILES string of the molecule is CC(C)(CCCC(=O)CCCC(C)(C)C(=O)O)CCC(=O)O. The molecule has 22 heavy (non-hydrogen) atoms. The number of Topliss-reactive ketones (excluding diaryl/α,β-unsaturated/α-hetero) is 1. The normalized spacial score (nSPS) is 12.2. The van der Waals surface area contributed by atoms with E-state index in [9.17, 15) is 14.4 Å². The molecule has 0 aromatic carbocycles. The molecule has 2 N–H and O–H groups in total. The zero-order valence-corrected chi connectivity index (χ0v) is 14.3. The van der Waals surface area contributed by atoms with Crippen LogP contribution < -0.4 is 0 Å². The summed E-state index contributed by atoms with van der Waals surface area (Å²) in [5.74, 6) is -1.46. The van der Waals surface area contributed by atoms with Gasteiger partial charge in [-0.15, -0.1) is 0 Å². The van der Waals surface area contributed by atoms with Gasteiger partial charge in [-0.1, -0.05) is 13.8 Å². The fraction of sp³-hybridized carbons (Fsp3) is 0.824. The van der Waals surface area contributed by atoms with Crippen molar-refractivity contribution in [2.45, 2.75) is 79.1 Å². The number of carbonyl (C=O) groups excluding carboxylic acids is 1. The van der Waals surface area contributed by atoms with Crippen LogP contribution in [-0.4, -0.2) is 27.9 Å². The molecular formula is C17H30O5. The molecule has 0 aliphatic rings. The summed E-state index contributed by atoms with van der Waals surface area (Å²) >= 11 is 0. The molecule has 5 heteroatoms. The third-order valence-corrected chi connectivity index (χ3v) is 4.16. The standard InChI is InChI=1S/C17H30O5/c1-16(2,12-9-14(19)20)10-5-7-13(18)8-6-11-17(3,4)15(21)22/h5-12H2,1-4H3,(H,19,20)(H,21,22). The predicted molar refractivity (Wildman–Crippen MR) is 84.8 cm³/mol. The average molecular weight is 314 g/mol. The van der Waals surface area contributed by atoms with E-state index in [0.29, 0.717) is 32.1 Å². The monoisotopic (exact) mass is 314 g/mol. The van der Waals surface area contributed by atoms with Crippen molar-refractivity contribution >= 4 is 17.7 Å². The minimum absolute atomic E-state index is 0.0655. The number of carboxylic acid groups (broad SMARTS) is 2. The summed E-state index contributed by atoms with van der Waals surface area (Å²) in [5.41, 5.74) is -0.844. The fourth-order valence-corrected chi connectivity index (χ4v) is 2.29. The topological polar surface area (TPSA) is 91.7 Å². The Labute approximate surface area is 133 Å². The Morgan fingerprint density at radius 1 is 0.773 bits per heavy atom. The second-order valence-corrected chi connectivity index (χ2v) is 7.49. The molecule has 0 heterocycles. The Balaban J connectivity index is 3.91. The highest BCUT2D eigenvalue weighted by atomic mass is 16.4. The first kappa shape index (κ1) is 20.6. The van der Waals surface area contributed by atoms with E-state index in [1.807, 2.05) is 13.8 Å². The van der Waals surface area contributed by atoms with E-state index in [0.717, 1.165) is 12.8 Å². The Kier molecular flexibility index (Phi) is 8.35. The maximum absolute atomic E-state index is 11.8. The molecule has 0 aliphatic heterocycles.